The summed E-state index contributed by atoms with van der Waals surface area (Å²) in [4.78, 5) is 31.3. The number of aromatic nitrogens is 2. The number of rotatable bonds is 7. The maximum Gasteiger partial charge on any atom is 0.318 e. The van der Waals surface area contributed by atoms with Gasteiger partial charge in [0.1, 0.15) is 12.4 Å². The maximum absolute atomic E-state index is 13.2. The van der Waals surface area contributed by atoms with Crippen molar-refractivity contribution in [3.8, 4) is 11.3 Å². The highest BCUT2D eigenvalue weighted by Gasteiger charge is 2.26. The molecule has 3 rings (SSSR count). The van der Waals surface area contributed by atoms with Gasteiger partial charge in [0, 0.05) is 43.8 Å². The quantitative estimate of drug-likeness (QED) is 0.669. The lowest BCUT2D eigenvalue weighted by molar-refractivity contribution is -0.132. The van der Waals surface area contributed by atoms with E-state index in [0.29, 0.717) is 25.3 Å². The molecule has 1 N–H and O–H groups in total. The molecule has 0 aliphatic carbocycles. The van der Waals surface area contributed by atoms with Crippen molar-refractivity contribution in [3.05, 3.63) is 42.2 Å². The summed E-state index contributed by atoms with van der Waals surface area (Å²) in [6.45, 7) is 10.5. The van der Waals surface area contributed by atoms with Gasteiger partial charge in [-0.1, -0.05) is 6.92 Å². The van der Waals surface area contributed by atoms with Gasteiger partial charge in [0.25, 0.3) is 0 Å². The summed E-state index contributed by atoms with van der Waals surface area (Å²) in [5.74, 6) is 0.418. The van der Waals surface area contributed by atoms with Gasteiger partial charge in [-0.15, -0.1) is 10.2 Å². The first-order valence-electron chi connectivity index (χ1n) is 12.0. The molecule has 1 fully saturated rings. The number of carbonyl (C=O) groups is 2. The molecule has 0 spiro atoms. The molecule has 1 aromatic heterocycles. The van der Waals surface area contributed by atoms with Crippen molar-refractivity contribution in [2.45, 2.75) is 52.6 Å². The summed E-state index contributed by atoms with van der Waals surface area (Å²) in [5, 5.41) is 11.6. The minimum atomic E-state index is -0.287. The molecule has 1 aromatic carbocycles. The van der Waals surface area contributed by atoms with Crippen LogP contribution in [0.4, 0.5) is 15.0 Å². The Bertz CT molecular complexity index is 951. The second-order valence-electron chi connectivity index (χ2n) is 8.99. The fourth-order valence-electron chi connectivity index (χ4n) is 3.89. The molecule has 0 bridgehead atoms. The topological polar surface area (TPSA) is 81.7 Å². The first-order chi connectivity index (χ1) is 16.3. The van der Waals surface area contributed by atoms with Gasteiger partial charge in [0.15, 0.2) is 5.82 Å². The van der Waals surface area contributed by atoms with E-state index in [2.05, 4.69) is 20.4 Å². The van der Waals surface area contributed by atoms with Gasteiger partial charge in [-0.25, -0.2) is 9.18 Å². The summed E-state index contributed by atoms with van der Waals surface area (Å²) in [6.07, 6.45) is 1.58. The Kier molecular flexibility index (Phi) is 8.79. The summed E-state index contributed by atoms with van der Waals surface area (Å²) in [6, 6.07) is 9.73. The molecule has 3 amide bonds. The molecular weight excluding hydrogens is 435 g/mol. The summed E-state index contributed by atoms with van der Waals surface area (Å²) < 4.78 is 13.2. The number of amides is 3. The smallest absolute Gasteiger partial charge is 0.318 e. The number of anilines is 1. The van der Waals surface area contributed by atoms with Crippen LogP contribution in [0.1, 0.15) is 40.5 Å². The van der Waals surface area contributed by atoms with E-state index in [4.69, 9.17) is 0 Å². The first kappa shape index (κ1) is 25.4. The third kappa shape index (κ3) is 6.65. The molecule has 184 valence electrons. The average molecular weight is 471 g/mol. The zero-order valence-electron chi connectivity index (χ0n) is 20.5. The number of hydrogen-bond acceptors (Lipinski definition) is 5. The van der Waals surface area contributed by atoms with Gasteiger partial charge in [0.05, 0.1) is 5.69 Å². The second kappa shape index (κ2) is 11.8. The molecular formula is C25H35FN6O2. The minimum Gasteiger partial charge on any atom is -0.353 e. The molecule has 2 heterocycles. The molecule has 0 radical (unpaired) electrons. The number of carbonyl (C=O) groups excluding carboxylic acids is 2. The first-order valence-corrected chi connectivity index (χ1v) is 12.0. The van der Waals surface area contributed by atoms with E-state index in [0.717, 1.165) is 30.8 Å². The fraction of sp³-hybridized carbons (Fsp3) is 0.520. The highest BCUT2D eigenvalue weighted by atomic mass is 19.1. The number of nitrogens with zero attached hydrogens (tertiary/aromatic N) is 5. The van der Waals surface area contributed by atoms with Crippen LogP contribution < -0.4 is 10.2 Å². The Hall–Kier alpha value is -3.23. The van der Waals surface area contributed by atoms with Crippen molar-refractivity contribution in [1.29, 1.82) is 0 Å². The SMILES string of the molecule is CC[C@@H](C)N(CC(=O)N1CCCN(c2ccc(-c3ccc(F)cc3)nn2)CC1)C(=O)NC(C)C. The number of hydrogen-bond donors (Lipinski definition) is 1. The van der Waals surface area contributed by atoms with Gasteiger partial charge in [0.2, 0.25) is 5.91 Å². The molecule has 34 heavy (non-hydrogen) atoms. The van der Waals surface area contributed by atoms with Crippen LogP contribution in [0, 0.1) is 5.82 Å². The van der Waals surface area contributed by atoms with Crippen molar-refractivity contribution >= 4 is 17.8 Å². The predicted octanol–water partition coefficient (Wildman–Crippen LogP) is 3.54. The summed E-state index contributed by atoms with van der Waals surface area (Å²) in [7, 11) is 0. The van der Waals surface area contributed by atoms with Crippen LogP contribution >= 0.6 is 0 Å². The van der Waals surface area contributed by atoms with Crippen molar-refractivity contribution < 1.29 is 14.0 Å². The van der Waals surface area contributed by atoms with Crippen molar-refractivity contribution in [3.63, 3.8) is 0 Å². The van der Waals surface area contributed by atoms with E-state index in [9.17, 15) is 14.0 Å². The van der Waals surface area contributed by atoms with E-state index >= 15 is 0 Å². The Morgan fingerprint density at radius 3 is 2.38 bits per heavy atom. The molecule has 1 atom stereocenters. The highest BCUT2D eigenvalue weighted by molar-refractivity contribution is 5.84. The van der Waals surface area contributed by atoms with E-state index in [-0.39, 0.29) is 36.4 Å². The van der Waals surface area contributed by atoms with Crippen LogP contribution in [-0.2, 0) is 4.79 Å². The van der Waals surface area contributed by atoms with E-state index in [1.807, 2.05) is 44.7 Å². The third-order valence-electron chi connectivity index (χ3n) is 6.06. The second-order valence-corrected chi connectivity index (χ2v) is 8.99. The zero-order chi connectivity index (χ0) is 24.7. The number of benzene rings is 1. The lowest BCUT2D eigenvalue weighted by Gasteiger charge is -2.31. The van der Waals surface area contributed by atoms with E-state index in [1.165, 1.54) is 12.1 Å². The monoisotopic (exact) mass is 470 g/mol. The molecule has 9 heteroatoms. The molecule has 0 saturated carbocycles. The zero-order valence-corrected chi connectivity index (χ0v) is 20.5. The van der Waals surface area contributed by atoms with Crippen LogP contribution in [0.25, 0.3) is 11.3 Å². The fourth-order valence-corrected chi connectivity index (χ4v) is 3.89. The molecule has 1 saturated heterocycles. The Labute approximate surface area is 201 Å². The lowest BCUT2D eigenvalue weighted by atomic mass is 10.1. The highest BCUT2D eigenvalue weighted by Crippen LogP contribution is 2.20. The van der Waals surface area contributed by atoms with Crippen LogP contribution in [0.15, 0.2) is 36.4 Å². The molecule has 1 aliphatic rings. The minimum absolute atomic E-state index is 0.0106. The average Bonchev–Trinajstić information content (AvgIpc) is 3.08. The Balaban J connectivity index is 1.61. The lowest BCUT2D eigenvalue weighted by Crippen LogP contribution is -2.51. The van der Waals surface area contributed by atoms with Crippen LogP contribution in [-0.4, -0.2) is 76.7 Å². The van der Waals surface area contributed by atoms with Crippen LogP contribution in [0.5, 0.6) is 0 Å². The normalized spacial score (nSPS) is 15.1. The largest absolute Gasteiger partial charge is 0.353 e. The van der Waals surface area contributed by atoms with Crippen LogP contribution in [0.2, 0.25) is 0 Å². The van der Waals surface area contributed by atoms with Crippen molar-refractivity contribution in [2.75, 3.05) is 37.6 Å². The van der Waals surface area contributed by atoms with Gasteiger partial charge in [-0.2, -0.15) is 0 Å². The van der Waals surface area contributed by atoms with Crippen molar-refractivity contribution in [2.24, 2.45) is 0 Å². The van der Waals surface area contributed by atoms with Gasteiger partial charge in [-0.05, 0) is 70.0 Å². The molecule has 2 aromatic rings. The number of halogens is 1. The van der Waals surface area contributed by atoms with E-state index in [1.54, 1.807) is 17.0 Å². The standard InChI is InChI=1S/C25H35FN6O2/c1-5-19(4)32(25(34)27-18(2)3)17-24(33)31-14-6-13-30(15-16-31)23-12-11-22(28-29-23)20-7-9-21(26)10-8-20/h7-12,18-19H,5-6,13-17H2,1-4H3,(H,27,34)/t19-/m1/s1. The Morgan fingerprint density at radius 2 is 1.76 bits per heavy atom. The van der Waals surface area contributed by atoms with Gasteiger partial charge < -0.3 is 20.0 Å². The molecule has 8 nitrogen and oxygen atoms in total. The van der Waals surface area contributed by atoms with Gasteiger partial charge in [-0.3, -0.25) is 4.79 Å². The van der Waals surface area contributed by atoms with Gasteiger partial charge >= 0.3 is 6.03 Å². The van der Waals surface area contributed by atoms with Crippen LogP contribution in [0.3, 0.4) is 0 Å². The number of nitrogens with one attached hydrogen (secondary N) is 1. The maximum atomic E-state index is 13.2. The van der Waals surface area contributed by atoms with Crippen molar-refractivity contribution in [1.82, 2.24) is 25.3 Å². The van der Waals surface area contributed by atoms with E-state index < -0.39 is 0 Å². The predicted molar refractivity (Wildman–Crippen MR) is 131 cm³/mol. The third-order valence-corrected chi connectivity index (χ3v) is 6.06. The summed E-state index contributed by atoms with van der Waals surface area (Å²) >= 11 is 0. The molecule has 0 unspecified atom stereocenters. The summed E-state index contributed by atoms with van der Waals surface area (Å²) in [5.41, 5.74) is 1.49. The Morgan fingerprint density at radius 1 is 1.03 bits per heavy atom. The molecule has 1 aliphatic heterocycles. The number of urea groups is 1.